The maximum Gasteiger partial charge on any atom is 0.304 e. The number of nitrogens with two attached hydrogens (primary N) is 1. The number of carboxylic acids is 1. The van der Waals surface area contributed by atoms with Gasteiger partial charge < -0.3 is 15.6 Å². The van der Waals surface area contributed by atoms with Crippen LogP contribution in [-0.4, -0.2) is 23.7 Å². The second-order valence-corrected chi connectivity index (χ2v) is 7.38. The van der Waals surface area contributed by atoms with Crippen LogP contribution in [0.4, 0.5) is 0 Å². The summed E-state index contributed by atoms with van der Waals surface area (Å²) in [5, 5.41) is 8.77. The van der Waals surface area contributed by atoms with Crippen molar-refractivity contribution in [1.82, 2.24) is 0 Å². The van der Waals surface area contributed by atoms with E-state index in [0.29, 0.717) is 6.42 Å². The number of ether oxygens (including phenoxy) is 1. The van der Waals surface area contributed by atoms with Gasteiger partial charge in [-0.05, 0) is 48.1 Å². The number of aliphatic carboxylic acids is 1. The minimum absolute atomic E-state index is 0.0191. The summed E-state index contributed by atoms with van der Waals surface area (Å²) in [6, 6.07) is 16.3. The van der Waals surface area contributed by atoms with Crippen molar-refractivity contribution in [3.05, 3.63) is 54.1 Å². The molecule has 0 aliphatic heterocycles. The molecule has 4 heteroatoms. The highest BCUT2D eigenvalue weighted by molar-refractivity contribution is 5.67. The van der Waals surface area contributed by atoms with Crippen LogP contribution in [0.2, 0.25) is 0 Å². The average Bonchev–Trinajstić information content (AvgIpc) is 2.69. The predicted octanol–water partition coefficient (Wildman–Crippen LogP) is 5.44. The third-order valence-corrected chi connectivity index (χ3v) is 4.90. The molecular formula is C24H33NO3. The zero-order valence-electron chi connectivity index (χ0n) is 16.9. The molecule has 2 aromatic carbocycles. The van der Waals surface area contributed by atoms with Crippen LogP contribution < -0.4 is 10.5 Å². The Hall–Kier alpha value is -2.33. The van der Waals surface area contributed by atoms with E-state index in [1.165, 1.54) is 31.2 Å². The lowest BCUT2D eigenvalue weighted by atomic mass is 10.00. The van der Waals surface area contributed by atoms with E-state index < -0.39 is 5.97 Å². The van der Waals surface area contributed by atoms with Crippen molar-refractivity contribution < 1.29 is 14.6 Å². The molecule has 2 rings (SSSR count). The van der Waals surface area contributed by atoms with E-state index in [2.05, 4.69) is 43.3 Å². The van der Waals surface area contributed by atoms with E-state index in [1.807, 2.05) is 12.1 Å². The third kappa shape index (κ3) is 8.13. The molecule has 0 saturated carbocycles. The van der Waals surface area contributed by atoms with Gasteiger partial charge in [-0.2, -0.15) is 0 Å². The molecule has 152 valence electrons. The van der Waals surface area contributed by atoms with Crippen LogP contribution in [-0.2, 0) is 11.2 Å². The summed E-state index contributed by atoms with van der Waals surface area (Å²) in [5.74, 6) is 0.0787. The summed E-state index contributed by atoms with van der Waals surface area (Å²) in [6.07, 6.45) is 7.70. The summed E-state index contributed by atoms with van der Waals surface area (Å²) in [6.45, 7) is 3.01. The van der Waals surface area contributed by atoms with Gasteiger partial charge in [-0.15, -0.1) is 0 Å². The minimum atomic E-state index is -0.841. The Morgan fingerprint density at radius 3 is 2.18 bits per heavy atom. The van der Waals surface area contributed by atoms with Crippen molar-refractivity contribution in [3.63, 3.8) is 0 Å². The van der Waals surface area contributed by atoms with Crippen LogP contribution >= 0.6 is 0 Å². The molecule has 0 aliphatic carbocycles. The molecule has 0 aliphatic rings. The highest BCUT2D eigenvalue weighted by Gasteiger charge is 2.08. The van der Waals surface area contributed by atoms with Gasteiger partial charge >= 0.3 is 5.97 Å². The van der Waals surface area contributed by atoms with Crippen LogP contribution in [0, 0.1) is 0 Å². The van der Waals surface area contributed by atoms with Crippen molar-refractivity contribution in [3.8, 4) is 16.9 Å². The maximum atomic E-state index is 10.7. The first kappa shape index (κ1) is 22.0. The van der Waals surface area contributed by atoms with Crippen LogP contribution in [0.3, 0.4) is 0 Å². The number of rotatable bonds is 13. The SMILES string of the molecule is CCCCCCCOc1ccc(-c2ccc(CC[C@@H](N)CC(=O)O)cc2)cc1. The van der Waals surface area contributed by atoms with Gasteiger partial charge in [0.1, 0.15) is 5.75 Å². The molecule has 0 amide bonds. The van der Waals surface area contributed by atoms with Gasteiger partial charge in [0.2, 0.25) is 0 Å². The number of aryl methyl sites for hydroxylation is 1. The molecule has 4 nitrogen and oxygen atoms in total. The van der Waals surface area contributed by atoms with Crippen LogP contribution in [0.5, 0.6) is 5.75 Å². The summed E-state index contributed by atoms with van der Waals surface area (Å²) in [5.41, 5.74) is 9.32. The Labute approximate surface area is 168 Å². The third-order valence-electron chi connectivity index (χ3n) is 4.90. The van der Waals surface area contributed by atoms with E-state index >= 15 is 0 Å². The number of benzene rings is 2. The molecule has 0 radical (unpaired) electrons. The Morgan fingerprint density at radius 2 is 1.57 bits per heavy atom. The van der Waals surface area contributed by atoms with Crippen molar-refractivity contribution in [2.45, 2.75) is 64.3 Å². The Kier molecular flexibility index (Phi) is 9.56. The lowest BCUT2D eigenvalue weighted by molar-refractivity contribution is -0.137. The molecule has 0 fully saturated rings. The summed E-state index contributed by atoms with van der Waals surface area (Å²) >= 11 is 0. The molecule has 0 heterocycles. The fourth-order valence-electron chi connectivity index (χ4n) is 3.18. The largest absolute Gasteiger partial charge is 0.494 e. The highest BCUT2D eigenvalue weighted by atomic mass is 16.5. The fourth-order valence-corrected chi connectivity index (χ4v) is 3.18. The van der Waals surface area contributed by atoms with Crippen LogP contribution in [0.25, 0.3) is 11.1 Å². The zero-order chi connectivity index (χ0) is 20.2. The van der Waals surface area contributed by atoms with E-state index in [-0.39, 0.29) is 12.5 Å². The van der Waals surface area contributed by atoms with E-state index in [4.69, 9.17) is 15.6 Å². The van der Waals surface area contributed by atoms with Crippen molar-refractivity contribution in [1.29, 1.82) is 0 Å². The molecule has 3 N–H and O–H groups in total. The second kappa shape index (κ2) is 12.2. The monoisotopic (exact) mass is 383 g/mol. The molecule has 0 unspecified atom stereocenters. The molecular weight excluding hydrogens is 350 g/mol. The first-order valence-electron chi connectivity index (χ1n) is 10.4. The van der Waals surface area contributed by atoms with Gasteiger partial charge in [0.05, 0.1) is 13.0 Å². The van der Waals surface area contributed by atoms with Gasteiger partial charge in [-0.25, -0.2) is 0 Å². The molecule has 0 saturated heterocycles. The molecule has 2 aromatic rings. The first-order chi connectivity index (χ1) is 13.6. The summed E-state index contributed by atoms with van der Waals surface area (Å²) < 4.78 is 5.82. The van der Waals surface area contributed by atoms with E-state index in [1.54, 1.807) is 0 Å². The zero-order valence-corrected chi connectivity index (χ0v) is 16.9. The van der Waals surface area contributed by atoms with Crippen LogP contribution in [0.1, 0.15) is 57.4 Å². The number of carboxylic acid groups (broad SMARTS) is 1. The van der Waals surface area contributed by atoms with E-state index in [9.17, 15) is 4.79 Å². The standard InChI is InChI=1S/C24H33NO3/c1-2-3-4-5-6-17-28-23-15-12-21(13-16-23)20-10-7-19(8-11-20)9-14-22(25)18-24(26)27/h7-8,10-13,15-16,22H,2-6,9,14,17-18,25H2,1H3,(H,26,27)/t22-/m1/s1. The van der Waals surface area contributed by atoms with Gasteiger partial charge in [-0.3, -0.25) is 4.79 Å². The van der Waals surface area contributed by atoms with Gasteiger partial charge in [0.25, 0.3) is 0 Å². The van der Waals surface area contributed by atoms with Crippen molar-refractivity contribution in [2.75, 3.05) is 6.61 Å². The average molecular weight is 384 g/mol. The van der Waals surface area contributed by atoms with E-state index in [0.717, 1.165) is 36.3 Å². The molecule has 0 aromatic heterocycles. The van der Waals surface area contributed by atoms with Gasteiger partial charge in [-0.1, -0.05) is 69.0 Å². The lowest BCUT2D eigenvalue weighted by Gasteiger charge is -2.10. The highest BCUT2D eigenvalue weighted by Crippen LogP contribution is 2.23. The van der Waals surface area contributed by atoms with Gasteiger partial charge in [0.15, 0.2) is 0 Å². The second-order valence-electron chi connectivity index (χ2n) is 7.38. The Morgan fingerprint density at radius 1 is 0.964 bits per heavy atom. The Bertz CT molecular complexity index is 695. The van der Waals surface area contributed by atoms with Gasteiger partial charge in [0, 0.05) is 6.04 Å². The quantitative estimate of drug-likeness (QED) is 0.452. The molecule has 0 spiro atoms. The normalized spacial score (nSPS) is 11.9. The number of carbonyl (C=O) groups is 1. The topological polar surface area (TPSA) is 72.5 Å². The number of hydrogen-bond acceptors (Lipinski definition) is 3. The van der Waals surface area contributed by atoms with Crippen molar-refractivity contribution >= 4 is 5.97 Å². The number of hydrogen-bond donors (Lipinski definition) is 2. The maximum absolute atomic E-state index is 10.7. The predicted molar refractivity (Wildman–Crippen MR) is 115 cm³/mol. The minimum Gasteiger partial charge on any atom is -0.494 e. The van der Waals surface area contributed by atoms with Crippen LogP contribution in [0.15, 0.2) is 48.5 Å². The van der Waals surface area contributed by atoms with Crippen molar-refractivity contribution in [2.24, 2.45) is 5.73 Å². The fraction of sp³-hybridized carbons (Fsp3) is 0.458. The number of unbranched alkanes of at least 4 members (excludes halogenated alkanes) is 4. The first-order valence-corrected chi connectivity index (χ1v) is 10.4. The summed E-state index contributed by atoms with van der Waals surface area (Å²) in [4.78, 5) is 10.7. The lowest BCUT2D eigenvalue weighted by Crippen LogP contribution is -2.24. The smallest absolute Gasteiger partial charge is 0.304 e. The Balaban J connectivity index is 1.79. The molecule has 0 bridgehead atoms. The molecule has 1 atom stereocenters. The summed E-state index contributed by atoms with van der Waals surface area (Å²) in [7, 11) is 0. The molecule has 28 heavy (non-hydrogen) atoms.